The number of aromatic nitrogens is 2. The first-order chi connectivity index (χ1) is 17.0. The van der Waals surface area contributed by atoms with E-state index < -0.39 is 10.0 Å². The molecule has 5 aromatic rings. The molecule has 0 N–H and O–H groups in total. The lowest BCUT2D eigenvalue weighted by Gasteiger charge is -2.25. The van der Waals surface area contributed by atoms with Crippen molar-refractivity contribution in [2.75, 3.05) is 11.4 Å². The molecule has 2 heterocycles. The van der Waals surface area contributed by atoms with E-state index >= 15 is 0 Å². The fourth-order valence-corrected chi connectivity index (χ4v) is 5.27. The minimum absolute atomic E-state index is 0.117. The quantitative estimate of drug-likeness (QED) is 0.291. The number of furan rings is 1. The number of ether oxygens (including phenoxy) is 1. The lowest BCUT2D eigenvalue weighted by atomic mass is 10.1. The molecule has 0 bridgehead atoms. The van der Waals surface area contributed by atoms with Crippen LogP contribution >= 0.6 is 0 Å². The van der Waals surface area contributed by atoms with E-state index in [-0.39, 0.29) is 16.5 Å². The Labute approximate surface area is 201 Å². The predicted octanol–water partition coefficient (Wildman–Crippen LogP) is 5.24. The van der Waals surface area contributed by atoms with Crippen LogP contribution in [0, 0.1) is 0 Å². The van der Waals surface area contributed by atoms with E-state index in [1.165, 1.54) is 29.9 Å². The number of methoxy groups -OCH3 is 1. The van der Waals surface area contributed by atoms with Crippen LogP contribution < -0.4 is 9.04 Å². The highest BCUT2D eigenvalue weighted by molar-refractivity contribution is 7.93. The number of hydrogen-bond donors (Lipinski definition) is 0. The van der Waals surface area contributed by atoms with Crippen LogP contribution in [0.25, 0.3) is 22.2 Å². The molecule has 0 saturated carbocycles. The molecule has 0 aliphatic heterocycles. The summed E-state index contributed by atoms with van der Waals surface area (Å²) in [7, 11) is -2.54. The molecular formula is C26H19N3O5S. The minimum Gasteiger partial charge on any atom is -0.496 e. The maximum atomic E-state index is 13.9. The second-order valence-electron chi connectivity index (χ2n) is 7.50. The van der Waals surface area contributed by atoms with Gasteiger partial charge in [0.2, 0.25) is 0 Å². The Morgan fingerprint density at radius 3 is 2.29 bits per heavy atom. The Morgan fingerprint density at radius 1 is 0.914 bits per heavy atom. The van der Waals surface area contributed by atoms with Gasteiger partial charge >= 0.3 is 0 Å². The first-order valence-electron chi connectivity index (χ1n) is 10.6. The van der Waals surface area contributed by atoms with Crippen LogP contribution in [0.2, 0.25) is 0 Å². The second-order valence-corrected chi connectivity index (χ2v) is 9.29. The van der Waals surface area contributed by atoms with E-state index in [2.05, 4.69) is 9.97 Å². The number of carbonyl (C=O) groups is 1. The van der Waals surface area contributed by atoms with E-state index in [0.29, 0.717) is 39.9 Å². The zero-order chi connectivity index (χ0) is 24.4. The van der Waals surface area contributed by atoms with E-state index in [1.807, 2.05) is 0 Å². The largest absolute Gasteiger partial charge is 0.496 e. The molecule has 0 spiro atoms. The number of fused-ring (bicyclic) bond motifs is 1. The van der Waals surface area contributed by atoms with Gasteiger partial charge in [0.15, 0.2) is 17.9 Å². The van der Waals surface area contributed by atoms with Gasteiger partial charge in [-0.1, -0.05) is 36.4 Å². The highest BCUT2D eigenvalue weighted by Crippen LogP contribution is 2.40. The smallest absolute Gasteiger partial charge is 0.269 e. The molecule has 0 radical (unpaired) electrons. The molecule has 9 heteroatoms. The second kappa shape index (κ2) is 9.03. The molecule has 0 unspecified atom stereocenters. The van der Waals surface area contributed by atoms with E-state index in [9.17, 15) is 13.2 Å². The number of aldehydes is 1. The number of sulfonamides is 1. The van der Waals surface area contributed by atoms with Gasteiger partial charge in [0.05, 0.1) is 28.8 Å². The summed E-state index contributed by atoms with van der Waals surface area (Å²) in [6, 6.07) is 23.4. The van der Waals surface area contributed by atoms with Crippen molar-refractivity contribution >= 4 is 38.7 Å². The third-order valence-electron chi connectivity index (χ3n) is 5.41. The number of carbonyl (C=O) groups excluding carboxylic acids is 1. The van der Waals surface area contributed by atoms with Crippen LogP contribution in [0.4, 0.5) is 11.5 Å². The summed E-state index contributed by atoms with van der Waals surface area (Å²) in [6.07, 6.45) is 1.92. The molecule has 174 valence electrons. The monoisotopic (exact) mass is 485 g/mol. The fraction of sp³-hybridized carbons (Fsp3) is 0.0385. The first-order valence-corrected chi connectivity index (χ1v) is 12.0. The fourth-order valence-electron chi connectivity index (χ4n) is 3.79. The Balaban J connectivity index is 1.80. The topological polar surface area (TPSA) is 103 Å². The zero-order valence-electron chi connectivity index (χ0n) is 18.5. The molecule has 5 rings (SSSR count). The van der Waals surface area contributed by atoms with Gasteiger partial charge in [0.1, 0.15) is 17.8 Å². The summed E-state index contributed by atoms with van der Waals surface area (Å²) >= 11 is 0. The lowest BCUT2D eigenvalue weighted by molar-refractivity contribution is 0.110. The van der Waals surface area contributed by atoms with Gasteiger partial charge < -0.3 is 9.15 Å². The van der Waals surface area contributed by atoms with Crippen LogP contribution in [0.15, 0.2) is 101 Å². The first kappa shape index (κ1) is 22.3. The van der Waals surface area contributed by atoms with Gasteiger partial charge in [-0.05, 0) is 42.5 Å². The number of anilines is 2. The molecule has 35 heavy (non-hydrogen) atoms. The van der Waals surface area contributed by atoms with Crippen LogP contribution in [-0.4, -0.2) is 31.8 Å². The Hall–Kier alpha value is -4.50. The summed E-state index contributed by atoms with van der Waals surface area (Å²) in [6.45, 7) is 0. The highest BCUT2D eigenvalue weighted by Gasteiger charge is 2.30. The normalized spacial score (nSPS) is 11.3. The summed E-state index contributed by atoms with van der Waals surface area (Å²) in [5.74, 6) is 1.16. The van der Waals surface area contributed by atoms with Crippen LogP contribution in [0.1, 0.15) is 10.6 Å². The van der Waals surface area contributed by atoms with Crippen molar-refractivity contribution in [3.63, 3.8) is 0 Å². The highest BCUT2D eigenvalue weighted by atomic mass is 32.2. The van der Waals surface area contributed by atoms with Gasteiger partial charge in [0, 0.05) is 11.5 Å². The predicted molar refractivity (Wildman–Crippen MR) is 131 cm³/mol. The van der Waals surface area contributed by atoms with E-state index in [1.54, 1.807) is 72.8 Å². The average Bonchev–Trinajstić information content (AvgIpc) is 3.38. The number of nitrogens with zero attached hydrogens (tertiary/aromatic N) is 3. The molecule has 3 aromatic carbocycles. The molecule has 0 aliphatic rings. The third kappa shape index (κ3) is 4.02. The van der Waals surface area contributed by atoms with Crippen molar-refractivity contribution < 1.29 is 22.4 Å². The number of para-hydroxylation sites is 1. The van der Waals surface area contributed by atoms with E-state index in [0.717, 1.165) is 0 Å². The molecule has 0 saturated heterocycles. The summed E-state index contributed by atoms with van der Waals surface area (Å²) in [5.41, 5.74) is 1.41. The van der Waals surface area contributed by atoms with Gasteiger partial charge in [-0.2, -0.15) is 0 Å². The maximum absolute atomic E-state index is 13.9. The van der Waals surface area contributed by atoms with Crippen molar-refractivity contribution in [2.24, 2.45) is 0 Å². The molecule has 0 amide bonds. The van der Waals surface area contributed by atoms with Gasteiger partial charge in [-0.25, -0.2) is 22.7 Å². The number of rotatable bonds is 7. The van der Waals surface area contributed by atoms with E-state index in [4.69, 9.17) is 9.15 Å². The molecule has 0 aliphatic carbocycles. The molecule has 0 fully saturated rings. The molecule has 2 aromatic heterocycles. The van der Waals surface area contributed by atoms with Crippen molar-refractivity contribution in [3.05, 3.63) is 97.0 Å². The van der Waals surface area contributed by atoms with Crippen molar-refractivity contribution in [1.29, 1.82) is 0 Å². The average molecular weight is 486 g/mol. The molecular weight excluding hydrogens is 466 g/mol. The summed E-state index contributed by atoms with van der Waals surface area (Å²) in [5, 5.41) is 0.454. The Kier molecular flexibility index (Phi) is 5.76. The summed E-state index contributed by atoms with van der Waals surface area (Å²) in [4.78, 5) is 20.0. The van der Waals surface area contributed by atoms with Crippen molar-refractivity contribution in [1.82, 2.24) is 9.97 Å². The Morgan fingerprint density at radius 2 is 1.63 bits per heavy atom. The van der Waals surface area contributed by atoms with Crippen molar-refractivity contribution in [3.8, 4) is 17.1 Å². The van der Waals surface area contributed by atoms with Crippen LogP contribution in [0.3, 0.4) is 0 Å². The lowest BCUT2D eigenvalue weighted by Crippen LogP contribution is -2.27. The zero-order valence-corrected chi connectivity index (χ0v) is 19.3. The Bertz CT molecular complexity index is 1620. The molecule has 0 atom stereocenters. The van der Waals surface area contributed by atoms with Gasteiger partial charge in [0.25, 0.3) is 10.0 Å². The number of hydrogen-bond acceptors (Lipinski definition) is 7. The molecule has 8 nitrogen and oxygen atoms in total. The standard InChI is InChI=1S/C26H19N3O5S/c1-33-25-15-23-21(14-22(25)24-13-12-19(16-30)34-24)26(28-17-27-23)29(18-8-4-2-5-9-18)35(31,32)20-10-6-3-7-11-20/h2-17H,1H3. The summed E-state index contributed by atoms with van der Waals surface area (Å²) < 4.78 is 40.1. The third-order valence-corrected chi connectivity index (χ3v) is 7.14. The van der Waals surface area contributed by atoms with Gasteiger partial charge in [-0.3, -0.25) is 4.79 Å². The van der Waals surface area contributed by atoms with Gasteiger partial charge in [-0.15, -0.1) is 0 Å². The SMILES string of the molecule is COc1cc2ncnc(N(c3ccccc3)S(=O)(=O)c3ccccc3)c2cc1-c1ccc(C=O)o1. The van der Waals surface area contributed by atoms with Crippen LogP contribution in [-0.2, 0) is 10.0 Å². The minimum atomic E-state index is -4.05. The van der Waals surface area contributed by atoms with Crippen molar-refractivity contribution in [2.45, 2.75) is 4.90 Å². The number of benzene rings is 3. The maximum Gasteiger partial charge on any atom is 0.269 e. The van der Waals surface area contributed by atoms with Crippen LogP contribution in [0.5, 0.6) is 5.75 Å².